The van der Waals surface area contributed by atoms with Crippen molar-refractivity contribution >= 4 is 45.3 Å². The van der Waals surface area contributed by atoms with Crippen molar-refractivity contribution in [2.75, 3.05) is 30.4 Å². The number of benzene rings is 2. The predicted octanol–water partition coefficient (Wildman–Crippen LogP) is 4.64. The van der Waals surface area contributed by atoms with Gasteiger partial charge in [-0.15, -0.1) is 0 Å². The number of anilines is 3. The van der Waals surface area contributed by atoms with Crippen molar-refractivity contribution in [3.05, 3.63) is 78.4 Å². The van der Waals surface area contributed by atoms with Crippen LogP contribution in [-0.2, 0) is 11.8 Å². The number of aromatic nitrogens is 5. The largest absolute Gasteiger partial charge is 0.457 e. The average molecular weight is 521 g/mol. The molecule has 2 aromatic carbocycles. The Hall–Kier alpha value is -4.83. The van der Waals surface area contributed by atoms with Crippen LogP contribution in [0.4, 0.5) is 17.3 Å². The van der Waals surface area contributed by atoms with Gasteiger partial charge in [0.1, 0.15) is 29.2 Å². The van der Waals surface area contributed by atoms with E-state index in [2.05, 4.69) is 25.6 Å². The molecular formula is C29H28N8O2. The highest BCUT2D eigenvalue weighted by atomic mass is 16.5. The van der Waals surface area contributed by atoms with E-state index in [9.17, 15) is 4.79 Å². The summed E-state index contributed by atoms with van der Waals surface area (Å²) in [6.07, 6.45) is 5.92. The topological polar surface area (TPSA) is 110 Å². The first-order valence-corrected chi connectivity index (χ1v) is 12.7. The molecule has 1 amide bonds. The first kappa shape index (κ1) is 24.5. The van der Waals surface area contributed by atoms with Gasteiger partial charge in [-0.2, -0.15) is 0 Å². The molecule has 1 fully saturated rings. The molecule has 0 atom stereocenters. The van der Waals surface area contributed by atoms with Gasteiger partial charge in [-0.3, -0.25) is 9.69 Å². The highest BCUT2D eigenvalue weighted by molar-refractivity contribution is 6.08. The lowest BCUT2D eigenvalue weighted by Gasteiger charge is -2.16. The van der Waals surface area contributed by atoms with Crippen LogP contribution in [0.3, 0.4) is 0 Å². The zero-order chi connectivity index (χ0) is 26.9. The first-order valence-electron chi connectivity index (χ1n) is 12.7. The van der Waals surface area contributed by atoms with Gasteiger partial charge >= 0.3 is 0 Å². The third-order valence-corrected chi connectivity index (χ3v) is 6.78. The smallest absolute Gasteiger partial charge is 0.255 e. The van der Waals surface area contributed by atoms with Gasteiger partial charge in [-0.05, 0) is 68.4 Å². The summed E-state index contributed by atoms with van der Waals surface area (Å²) in [5, 5.41) is 6.42. The van der Waals surface area contributed by atoms with Crippen molar-refractivity contribution in [2.24, 2.45) is 7.05 Å². The number of nitrogens with one attached hydrogen (secondary N) is 2. The van der Waals surface area contributed by atoms with E-state index in [0.29, 0.717) is 42.2 Å². The number of hydrogen-bond acceptors (Lipinski definition) is 8. The molecule has 0 unspecified atom stereocenters. The highest BCUT2D eigenvalue weighted by Gasteiger charge is 2.28. The summed E-state index contributed by atoms with van der Waals surface area (Å²) in [6, 6.07) is 15.4. The number of rotatable bonds is 7. The van der Waals surface area contributed by atoms with E-state index in [4.69, 9.17) is 9.72 Å². The number of carbonyl (C=O) groups is 1. The van der Waals surface area contributed by atoms with E-state index in [1.165, 1.54) is 6.33 Å². The van der Waals surface area contributed by atoms with Crippen molar-refractivity contribution in [1.82, 2.24) is 29.8 Å². The number of amides is 1. The molecule has 1 aliphatic rings. The zero-order valence-electron chi connectivity index (χ0n) is 22.0. The normalized spacial score (nSPS) is 14.6. The minimum atomic E-state index is -0.0168. The Morgan fingerprint density at radius 3 is 2.79 bits per heavy atom. The number of carbonyl (C=O) groups excluding carboxylic acids is 1. The fraction of sp³-hybridized carbons (Fsp3) is 0.207. The van der Waals surface area contributed by atoms with Crippen LogP contribution in [0.1, 0.15) is 12.0 Å². The van der Waals surface area contributed by atoms with Gasteiger partial charge in [0.15, 0.2) is 5.82 Å². The number of nitrogens with zero attached hydrogens (tertiary/aromatic N) is 6. The second-order valence-corrected chi connectivity index (χ2v) is 9.47. The second kappa shape index (κ2) is 10.1. The number of pyridine rings is 1. The van der Waals surface area contributed by atoms with Crippen LogP contribution in [0, 0.1) is 6.92 Å². The van der Waals surface area contributed by atoms with Crippen LogP contribution in [0.2, 0.25) is 0 Å². The van der Waals surface area contributed by atoms with Crippen molar-refractivity contribution in [1.29, 1.82) is 0 Å². The van der Waals surface area contributed by atoms with Gasteiger partial charge in [0.25, 0.3) is 5.91 Å². The maximum atomic E-state index is 12.9. The molecule has 1 saturated heterocycles. The van der Waals surface area contributed by atoms with Crippen LogP contribution in [0.5, 0.6) is 11.5 Å². The van der Waals surface area contributed by atoms with Crippen molar-refractivity contribution < 1.29 is 9.53 Å². The minimum absolute atomic E-state index is 0.0168. The fourth-order valence-corrected chi connectivity index (χ4v) is 4.70. The lowest BCUT2D eigenvalue weighted by atomic mass is 10.2. The molecule has 0 bridgehead atoms. The Balaban J connectivity index is 1.24. The lowest BCUT2D eigenvalue weighted by Crippen LogP contribution is -2.25. The molecular weight excluding hydrogens is 492 g/mol. The summed E-state index contributed by atoms with van der Waals surface area (Å²) in [5.74, 6) is 2.61. The fourth-order valence-electron chi connectivity index (χ4n) is 4.70. The molecule has 6 rings (SSSR count). The molecule has 0 radical (unpaired) electrons. The van der Waals surface area contributed by atoms with Crippen LogP contribution >= 0.6 is 0 Å². The van der Waals surface area contributed by atoms with E-state index in [1.54, 1.807) is 11.2 Å². The van der Waals surface area contributed by atoms with Gasteiger partial charge in [-0.1, -0.05) is 6.08 Å². The Morgan fingerprint density at radius 2 is 1.95 bits per heavy atom. The quantitative estimate of drug-likeness (QED) is 0.299. The Morgan fingerprint density at radius 1 is 1.05 bits per heavy atom. The Bertz CT molecular complexity index is 1740. The molecule has 0 spiro atoms. The van der Waals surface area contributed by atoms with Gasteiger partial charge in [0.2, 0.25) is 0 Å². The molecule has 10 heteroatoms. The number of ether oxygens (including phenoxy) is 1. The van der Waals surface area contributed by atoms with E-state index in [0.717, 1.165) is 39.4 Å². The monoisotopic (exact) mass is 520 g/mol. The maximum absolute atomic E-state index is 12.9. The van der Waals surface area contributed by atoms with Crippen molar-refractivity contribution in [3.8, 4) is 11.5 Å². The number of likely N-dealkylation sites (N-methyl/N-ethyl adjacent to an activating group) is 1. The summed E-state index contributed by atoms with van der Waals surface area (Å²) >= 11 is 0. The molecule has 196 valence electrons. The Labute approximate surface area is 225 Å². The van der Waals surface area contributed by atoms with Gasteiger partial charge in [0.05, 0.1) is 22.9 Å². The number of hydrogen-bond donors (Lipinski definition) is 2. The molecule has 5 aromatic rings. The molecule has 0 saturated carbocycles. The van der Waals surface area contributed by atoms with E-state index in [1.807, 2.05) is 80.2 Å². The van der Waals surface area contributed by atoms with Crippen LogP contribution in [0.15, 0.2) is 72.8 Å². The van der Waals surface area contributed by atoms with Crippen LogP contribution in [-0.4, -0.2) is 50.5 Å². The molecule has 10 nitrogen and oxygen atoms in total. The summed E-state index contributed by atoms with van der Waals surface area (Å²) in [5.41, 5.74) is 5.80. The van der Waals surface area contributed by atoms with Crippen LogP contribution in [0.25, 0.3) is 22.1 Å². The molecule has 4 heterocycles. The second-order valence-electron chi connectivity index (χ2n) is 9.47. The van der Waals surface area contributed by atoms with Crippen LogP contribution < -0.4 is 20.3 Å². The predicted molar refractivity (Wildman–Crippen MR) is 152 cm³/mol. The lowest BCUT2D eigenvalue weighted by molar-refractivity contribution is -0.114. The standard InChI is InChI=1S/C29H28N8O2/c1-18-14-20(4-8-25(18)39-21-5-7-24-23(15-21)33-17-36(24)3)34-28-27-22(31-16-32-28)6-9-26(35-27)37-13-11-19(29(37)38)10-12-30-2/h4-10,14-17,30H,11-13H2,1-3H3,(H,31,32,34)/b19-10-. The first-order chi connectivity index (χ1) is 19.0. The van der Waals surface area contributed by atoms with E-state index in [-0.39, 0.29) is 5.91 Å². The maximum Gasteiger partial charge on any atom is 0.255 e. The zero-order valence-corrected chi connectivity index (χ0v) is 22.0. The summed E-state index contributed by atoms with van der Waals surface area (Å²) in [6.45, 7) is 3.24. The number of imidazole rings is 1. The molecule has 2 N–H and O–H groups in total. The molecule has 39 heavy (non-hydrogen) atoms. The number of fused-ring (bicyclic) bond motifs is 2. The summed E-state index contributed by atoms with van der Waals surface area (Å²) in [4.78, 5) is 32.6. The summed E-state index contributed by atoms with van der Waals surface area (Å²) < 4.78 is 8.13. The van der Waals surface area contributed by atoms with E-state index < -0.39 is 0 Å². The third-order valence-electron chi connectivity index (χ3n) is 6.78. The Kier molecular flexibility index (Phi) is 6.37. The molecule has 3 aromatic heterocycles. The van der Waals surface area contributed by atoms with Gasteiger partial charge < -0.3 is 19.9 Å². The summed E-state index contributed by atoms with van der Waals surface area (Å²) in [7, 11) is 3.83. The number of aryl methyl sites for hydroxylation is 2. The molecule has 1 aliphatic heterocycles. The third kappa shape index (κ3) is 4.77. The highest BCUT2D eigenvalue weighted by Crippen LogP contribution is 2.32. The SMILES string of the molecule is CNC/C=C1/CCN(c2ccc3ncnc(Nc4ccc(Oc5ccc6c(c5)ncn6C)c(C)c4)c3n2)C1=O. The average Bonchev–Trinajstić information content (AvgIpc) is 3.50. The van der Waals surface area contributed by atoms with E-state index >= 15 is 0 Å². The van der Waals surface area contributed by atoms with Gasteiger partial charge in [-0.25, -0.2) is 19.9 Å². The van der Waals surface area contributed by atoms with Crippen molar-refractivity contribution in [3.63, 3.8) is 0 Å². The van der Waals surface area contributed by atoms with Crippen molar-refractivity contribution in [2.45, 2.75) is 13.3 Å². The van der Waals surface area contributed by atoms with Gasteiger partial charge in [0, 0.05) is 37.5 Å². The minimum Gasteiger partial charge on any atom is -0.457 e. The molecule has 0 aliphatic carbocycles.